The van der Waals surface area contributed by atoms with Crippen molar-refractivity contribution in [1.29, 1.82) is 0 Å². The number of rotatable bonds is 3. The van der Waals surface area contributed by atoms with Gasteiger partial charge in [-0.1, -0.05) is 0 Å². The number of hydrogen-bond acceptors (Lipinski definition) is 4. The second-order valence-corrected chi connectivity index (χ2v) is 6.51. The Hall–Kier alpha value is -1.43. The number of carbonyl (C=O) groups is 1. The highest BCUT2D eigenvalue weighted by Crippen LogP contribution is 2.30. The van der Waals surface area contributed by atoms with Crippen LogP contribution in [0.3, 0.4) is 0 Å². The molecule has 1 N–H and O–H groups in total. The second-order valence-electron chi connectivity index (χ2n) is 6.51. The Balaban J connectivity index is 1.82. The lowest BCUT2D eigenvalue weighted by molar-refractivity contribution is -0.139. The van der Waals surface area contributed by atoms with Gasteiger partial charge in [0, 0.05) is 25.0 Å². The molecule has 0 spiro atoms. The van der Waals surface area contributed by atoms with E-state index in [0.717, 1.165) is 44.7 Å². The highest BCUT2D eigenvalue weighted by Gasteiger charge is 2.32. The quantitative estimate of drug-likeness (QED) is 0.920. The Kier molecular flexibility index (Phi) is 3.97. The summed E-state index contributed by atoms with van der Waals surface area (Å²) < 4.78 is 1.83. The van der Waals surface area contributed by atoms with Crippen LogP contribution in [0.25, 0.3) is 0 Å². The van der Waals surface area contributed by atoms with E-state index in [2.05, 4.69) is 28.8 Å². The molecule has 0 radical (unpaired) electrons. The van der Waals surface area contributed by atoms with Gasteiger partial charge in [0.1, 0.15) is 11.7 Å². The van der Waals surface area contributed by atoms with Gasteiger partial charge in [-0.05, 0) is 46.1 Å². The molecule has 1 saturated heterocycles. The van der Waals surface area contributed by atoms with Crippen LogP contribution in [0.5, 0.6) is 0 Å². The molecule has 3 heterocycles. The Morgan fingerprint density at radius 1 is 1.29 bits per heavy atom. The molecule has 1 aromatic rings. The van der Waals surface area contributed by atoms with Crippen LogP contribution in [-0.2, 0) is 11.3 Å². The van der Waals surface area contributed by atoms with E-state index in [1.807, 2.05) is 4.68 Å². The van der Waals surface area contributed by atoms with Crippen molar-refractivity contribution in [3.8, 4) is 0 Å². The second kappa shape index (κ2) is 5.75. The van der Waals surface area contributed by atoms with E-state index in [1.165, 1.54) is 0 Å². The lowest BCUT2D eigenvalue weighted by atomic mass is 9.96. The molecule has 0 amide bonds. The number of aryl methyl sites for hydroxylation is 1. The summed E-state index contributed by atoms with van der Waals surface area (Å²) in [4.78, 5) is 18.4. The Morgan fingerprint density at radius 2 is 2.05 bits per heavy atom. The summed E-state index contributed by atoms with van der Waals surface area (Å²) in [6, 6.07) is 0.539. The lowest BCUT2D eigenvalue weighted by Crippen LogP contribution is -2.39. The molecule has 2 unspecified atom stereocenters. The number of aliphatic carboxylic acids is 1. The van der Waals surface area contributed by atoms with Crippen molar-refractivity contribution in [2.45, 2.75) is 64.0 Å². The number of carboxylic acids is 1. The standard InChI is InChI=1S/C15H24N4O2/c1-10(2)18-7-3-5-11(9-18)13-16-14-12(15(20)21)6-4-8-19(14)17-13/h10-12H,3-9H2,1-2H3,(H,20,21). The smallest absolute Gasteiger partial charge is 0.314 e. The summed E-state index contributed by atoms with van der Waals surface area (Å²) in [5.41, 5.74) is 0. The molecule has 0 aromatic carbocycles. The van der Waals surface area contributed by atoms with Gasteiger partial charge in [0.25, 0.3) is 0 Å². The number of nitrogens with zero attached hydrogens (tertiary/aromatic N) is 4. The van der Waals surface area contributed by atoms with Gasteiger partial charge in [-0.3, -0.25) is 4.79 Å². The van der Waals surface area contributed by atoms with Crippen LogP contribution in [0.1, 0.15) is 63.0 Å². The molecule has 2 aliphatic rings. The van der Waals surface area contributed by atoms with Gasteiger partial charge in [0.2, 0.25) is 0 Å². The minimum absolute atomic E-state index is 0.341. The summed E-state index contributed by atoms with van der Waals surface area (Å²) in [5, 5.41) is 13.9. The molecule has 2 aliphatic heterocycles. The number of aromatic nitrogens is 3. The molecule has 21 heavy (non-hydrogen) atoms. The maximum atomic E-state index is 11.4. The Labute approximate surface area is 125 Å². The SMILES string of the molecule is CC(C)N1CCCC(c2nc3n(n2)CCCC3C(=O)O)C1. The van der Waals surface area contributed by atoms with Crippen molar-refractivity contribution >= 4 is 5.97 Å². The van der Waals surface area contributed by atoms with Crippen LogP contribution in [0.4, 0.5) is 0 Å². The molecular formula is C15H24N4O2. The first-order valence-electron chi connectivity index (χ1n) is 7.97. The highest BCUT2D eigenvalue weighted by molar-refractivity contribution is 5.75. The third-order valence-corrected chi connectivity index (χ3v) is 4.74. The zero-order valence-electron chi connectivity index (χ0n) is 12.8. The van der Waals surface area contributed by atoms with Crippen molar-refractivity contribution in [3.05, 3.63) is 11.6 Å². The van der Waals surface area contributed by atoms with E-state index in [4.69, 9.17) is 0 Å². The summed E-state index contributed by atoms with van der Waals surface area (Å²) in [7, 11) is 0. The van der Waals surface area contributed by atoms with E-state index in [0.29, 0.717) is 24.2 Å². The van der Waals surface area contributed by atoms with Crippen LogP contribution < -0.4 is 0 Å². The molecule has 116 valence electrons. The molecule has 3 rings (SSSR count). The molecule has 1 fully saturated rings. The first-order chi connectivity index (χ1) is 10.1. The van der Waals surface area contributed by atoms with E-state index in [9.17, 15) is 9.90 Å². The predicted octanol–water partition coefficient (Wildman–Crippen LogP) is 1.83. The minimum atomic E-state index is -0.776. The fourth-order valence-electron chi connectivity index (χ4n) is 3.46. The highest BCUT2D eigenvalue weighted by atomic mass is 16.4. The van der Waals surface area contributed by atoms with E-state index < -0.39 is 11.9 Å². The summed E-state index contributed by atoms with van der Waals surface area (Å²) >= 11 is 0. The zero-order chi connectivity index (χ0) is 15.0. The van der Waals surface area contributed by atoms with Gasteiger partial charge in [-0.25, -0.2) is 9.67 Å². The van der Waals surface area contributed by atoms with E-state index in [1.54, 1.807) is 0 Å². The fourth-order valence-corrected chi connectivity index (χ4v) is 3.46. The number of likely N-dealkylation sites (tertiary alicyclic amines) is 1. The topological polar surface area (TPSA) is 71.2 Å². The molecule has 1 aromatic heterocycles. The van der Waals surface area contributed by atoms with Crippen LogP contribution in [-0.4, -0.2) is 49.9 Å². The number of piperidine rings is 1. The number of fused-ring (bicyclic) bond motifs is 1. The molecule has 2 atom stereocenters. The van der Waals surface area contributed by atoms with Gasteiger partial charge >= 0.3 is 5.97 Å². The van der Waals surface area contributed by atoms with Crippen LogP contribution in [0, 0.1) is 0 Å². The van der Waals surface area contributed by atoms with Crippen molar-refractivity contribution in [2.24, 2.45) is 0 Å². The molecule has 0 bridgehead atoms. The van der Waals surface area contributed by atoms with Gasteiger partial charge < -0.3 is 10.0 Å². The van der Waals surface area contributed by atoms with Crippen molar-refractivity contribution in [3.63, 3.8) is 0 Å². The van der Waals surface area contributed by atoms with Gasteiger partial charge in [-0.2, -0.15) is 5.10 Å². The lowest BCUT2D eigenvalue weighted by Gasteiger charge is -2.34. The average molecular weight is 292 g/mol. The van der Waals surface area contributed by atoms with Crippen molar-refractivity contribution in [2.75, 3.05) is 13.1 Å². The maximum absolute atomic E-state index is 11.4. The Morgan fingerprint density at radius 3 is 2.76 bits per heavy atom. The van der Waals surface area contributed by atoms with Gasteiger partial charge in [-0.15, -0.1) is 0 Å². The maximum Gasteiger partial charge on any atom is 0.314 e. The minimum Gasteiger partial charge on any atom is -0.481 e. The molecule has 0 aliphatic carbocycles. The summed E-state index contributed by atoms with van der Waals surface area (Å²) in [6.45, 7) is 7.36. The van der Waals surface area contributed by atoms with Gasteiger partial charge in [0.15, 0.2) is 5.82 Å². The predicted molar refractivity (Wildman–Crippen MR) is 78.3 cm³/mol. The molecule has 0 saturated carbocycles. The van der Waals surface area contributed by atoms with Gasteiger partial charge in [0.05, 0.1) is 0 Å². The first-order valence-corrected chi connectivity index (χ1v) is 7.97. The monoisotopic (exact) mass is 292 g/mol. The fraction of sp³-hybridized carbons (Fsp3) is 0.800. The van der Waals surface area contributed by atoms with Crippen LogP contribution in [0.2, 0.25) is 0 Å². The molecular weight excluding hydrogens is 268 g/mol. The van der Waals surface area contributed by atoms with Crippen LogP contribution >= 0.6 is 0 Å². The summed E-state index contributed by atoms with van der Waals surface area (Å²) in [5.74, 6) is 0.592. The average Bonchev–Trinajstić information content (AvgIpc) is 2.91. The Bertz CT molecular complexity index is 526. The largest absolute Gasteiger partial charge is 0.481 e. The van der Waals surface area contributed by atoms with Crippen molar-refractivity contribution in [1.82, 2.24) is 19.7 Å². The number of carboxylic acid groups (broad SMARTS) is 1. The van der Waals surface area contributed by atoms with E-state index >= 15 is 0 Å². The normalized spacial score (nSPS) is 26.8. The third kappa shape index (κ3) is 2.81. The number of hydrogen-bond donors (Lipinski definition) is 1. The molecule has 6 heteroatoms. The first kappa shape index (κ1) is 14.5. The van der Waals surface area contributed by atoms with Crippen molar-refractivity contribution < 1.29 is 9.90 Å². The van der Waals surface area contributed by atoms with E-state index in [-0.39, 0.29) is 0 Å². The third-order valence-electron chi connectivity index (χ3n) is 4.74. The zero-order valence-corrected chi connectivity index (χ0v) is 12.8. The molecule has 6 nitrogen and oxygen atoms in total. The van der Waals surface area contributed by atoms with Crippen LogP contribution in [0.15, 0.2) is 0 Å². The summed E-state index contributed by atoms with van der Waals surface area (Å²) in [6.07, 6.45) is 3.81.